The zero-order chi connectivity index (χ0) is 17.8. The fraction of sp³-hybridized carbons (Fsp3) is 0.222. The number of carbonyl (C=O) groups excluding carboxylic acids is 2. The molecule has 0 radical (unpaired) electrons. The number of benzene rings is 2. The van der Waals surface area contributed by atoms with Crippen LogP contribution in [0.4, 0.5) is 5.69 Å². The highest BCUT2D eigenvalue weighted by atomic mass is 16.6. The monoisotopic (exact) mass is 343 g/mol. The van der Waals surface area contributed by atoms with Gasteiger partial charge in [0.1, 0.15) is 19.0 Å². The number of phenolic OH excluding ortho intramolecular Hbond substituents is 1. The van der Waals surface area contributed by atoms with Crippen LogP contribution >= 0.6 is 0 Å². The molecular formula is C18H17NO6. The number of fused-ring (bicyclic) bond motifs is 1. The average molecular weight is 343 g/mol. The van der Waals surface area contributed by atoms with Crippen LogP contribution in [0.25, 0.3) is 0 Å². The summed E-state index contributed by atoms with van der Waals surface area (Å²) in [4.78, 5) is 24.2. The minimum atomic E-state index is -1.01. The summed E-state index contributed by atoms with van der Waals surface area (Å²) in [5.74, 6) is -0.0604. The van der Waals surface area contributed by atoms with Crippen LogP contribution in [0.3, 0.4) is 0 Å². The molecule has 1 aliphatic rings. The number of amides is 1. The number of ether oxygens (including phenoxy) is 3. The standard InChI is InChI=1S/C18H17NO6/c1-11(25-18(22)12-3-2-4-14(20)9-12)17(21)19-13-5-6-15-16(10-13)24-8-7-23-15/h2-6,9-11,20H,7-8H2,1H3,(H,19,21)/t11-/m1/s1. The highest BCUT2D eigenvalue weighted by Gasteiger charge is 2.20. The Morgan fingerprint density at radius 2 is 1.88 bits per heavy atom. The van der Waals surface area contributed by atoms with Gasteiger partial charge in [-0.1, -0.05) is 6.07 Å². The lowest BCUT2D eigenvalue weighted by Crippen LogP contribution is -2.30. The summed E-state index contributed by atoms with van der Waals surface area (Å²) in [6.07, 6.45) is -1.01. The SMILES string of the molecule is C[C@@H](OC(=O)c1cccc(O)c1)C(=O)Nc1ccc2c(c1)OCCO2. The van der Waals surface area contributed by atoms with E-state index in [4.69, 9.17) is 14.2 Å². The topological polar surface area (TPSA) is 94.1 Å². The van der Waals surface area contributed by atoms with E-state index < -0.39 is 18.0 Å². The summed E-state index contributed by atoms with van der Waals surface area (Å²) in [6, 6.07) is 10.8. The summed E-state index contributed by atoms with van der Waals surface area (Å²) >= 11 is 0. The predicted molar refractivity (Wildman–Crippen MR) is 89.0 cm³/mol. The molecule has 0 aromatic heterocycles. The molecule has 1 atom stereocenters. The van der Waals surface area contributed by atoms with Gasteiger partial charge in [0.15, 0.2) is 17.6 Å². The second-order valence-electron chi connectivity index (χ2n) is 5.45. The van der Waals surface area contributed by atoms with Crippen molar-refractivity contribution >= 4 is 17.6 Å². The lowest BCUT2D eigenvalue weighted by molar-refractivity contribution is -0.123. The smallest absolute Gasteiger partial charge is 0.339 e. The van der Waals surface area contributed by atoms with E-state index in [1.54, 1.807) is 18.2 Å². The minimum absolute atomic E-state index is 0.0529. The largest absolute Gasteiger partial charge is 0.508 e. The molecule has 25 heavy (non-hydrogen) atoms. The van der Waals surface area contributed by atoms with Crippen molar-refractivity contribution in [3.05, 3.63) is 48.0 Å². The lowest BCUT2D eigenvalue weighted by Gasteiger charge is -2.19. The molecule has 130 valence electrons. The molecule has 0 fully saturated rings. The Morgan fingerprint density at radius 1 is 1.12 bits per heavy atom. The third-order valence-electron chi connectivity index (χ3n) is 3.54. The maximum Gasteiger partial charge on any atom is 0.339 e. The number of esters is 1. The van der Waals surface area contributed by atoms with Crippen molar-refractivity contribution < 1.29 is 28.9 Å². The van der Waals surface area contributed by atoms with E-state index in [9.17, 15) is 14.7 Å². The number of nitrogens with one attached hydrogen (secondary N) is 1. The van der Waals surface area contributed by atoms with Crippen molar-refractivity contribution in [1.29, 1.82) is 0 Å². The van der Waals surface area contributed by atoms with E-state index >= 15 is 0 Å². The quantitative estimate of drug-likeness (QED) is 0.828. The molecule has 1 aliphatic heterocycles. The van der Waals surface area contributed by atoms with Crippen molar-refractivity contribution in [1.82, 2.24) is 0 Å². The van der Waals surface area contributed by atoms with Crippen LogP contribution in [-0.2, 0) is 9.53 Å². The van der Waals surface area contributed by atoms with E-state index in [1.807, 2.05) is 0 Å². The maximum absolute atomic E-state index is 12.2. The van der Waals surface area contributed by atoms with E-state index in [1.165, 1.54) is 31.2 Å². The second-order valence-corrected chi connectivity index (χ2v) is 5.45. The van der Waals surface area contributed by atoms with Crippen molar-refractivity contribution in [2.24, 2.45) is 0 Å². The van der Waals surface area contributed by atoms with Gasteiger partial charge in [-0.25, -0.2) is 4.79 Å². The van der Waals surface area contributed by atoms with Gasteiger partial charge < -0.3 is 24.6 Å². The van der Waals surface area contributed by atoms with Crippen LogP contribution in [-0.4, -0.2) is 36.3 Å². The molecule has 2 aromatic carbocycles. The lowest BCUT2D eigenvalue weighted by atomic mass is 10.2. The van der Waals surface area contributed by atoms with E-state index in [2.05, 4.69) is 5.32 Å². The van der Waals surface area contributed by atoms with Crippen LogP contribution in [0, 0.1) is 0 Å². The first-order chi connectivity index (χ1) is 12.0. The van der Waals surface area contributed by atoms with Gasteiger partial charge in [-0.2, -0.15) is 0 Å². The molecule has 0 saturated carbocycles. The first-order valence-corrected chi connectivity index (χ1v) is 7.73. The molecule has 0 bridgehead atoms. The van der Waals surface area contributed by atoms with Gasteiger partial charge in [-0.05, 0) is 37.3 Å². The second kappa shape index (κ2) is 7.12. The summed E-state index contributed by atoms with van der Waals surface area (Å²) in [5, 5.41) is 12.0. The number of aromatic hydroxyl groups is 1. The number of hydrogen-bond acceptors (Lipinski definition) is 6. The number of hydrogen-bond donors (Lipinski definition) is 2. The highest BCUT2D eigenvalue weighted by Crippen LogP contribution is 2.32. The minimum Gasteiger partial charge on any atom is -0.508 e. The molecule has 2 N–H and O–H groups in total. The van der Waals surface area contributed by atoms with Gasteiger partial charge in [0.05, 0.1) is 5.56 Å². The summed E-state index contributed by atoms with van der Waals surface area (Å²) in [7, 11) is 0. The molecule has 3 rings (SSSR count). The molecule has 0 saturated heterocycles. The number of phenols is 1. The Kier molecular flexibility index (Phi) is 4.74. The summed E-state index contributed by atoms with van der Waals surface area (Å²) in [6.45, 7) is 2.40. The summed E-state index contributed by atoms with van der Waals surface area (Å²) in [5.41, 5.74) is 0.675. The molecule has 7 nitrogen and oxygen atoms in total. The van der Waals surface area contributed by atoms with Gasteiger partial charge in [-0.3, -0.25) is 4.79 Å². The number of anilines is 1. The fourth-order valence-electron chi connectivity index (χ4n) is 2.28. The van der Waals surface area contributed by atoms with Crippen LogP contribution < -0.4 is 14.8 Å². The Morgan fingerprint density at radius 3 is 2.64 bits per heavy atom. The van der Waals surface area contributed by atoms with E-state index in [-0.39, 0.29) is 11.3 Å². The average Bonchev–Trinajstić information content (AvgIpc) is 2.61. The van der Waals surface area contributed by atoms with Crippen molar-refractivity contribution in [2.45, 2.75) is 13.0 Å². The third-order valence-corrected chi connectivity index (χ3v) is 3.54. The highest BCUT2D eigenvalue weighted by molar-refractivity contribution is 5.97. The summed E-state index contributed by atoms with van der Waals surface area (Å²) < 4.78 is 16.0. The molecule has 0 unspecified atom stereocenters. The van der Waals surface area contributed by atoms with E-state index in [0.717, 1.165) is 0 Å². The van der Waals surface area contributed by atoms with E-state index in [0.29, 0.717) is 30.4 Å². The van der Waals surface area contributed by atoms with Gasteiger partial charge in [0, 0.05) is 11.8 Å². The maximum atomic E-state index is 12.2. The van der Waals surface area contributed by atoms with Gasteiger partial charge in [-0.15, -0.1) is 0 Å². The molecule has 2 aromatic rings. The Labute approximate surface area is 144 Å². The predicted octanol–water partition coefficient (Wildman–Crippen LogP) is 2.35. The zero-order valence-corrected chi connectivity index (χ0v) is 13.5. The first-order valence-electron chi connectivity index (χ1n) is 7.73. The van der Waals surface area contributed by atoms with Crippen molar-refractivity contribution in [3.8, 4) is 17.2 Å². The number of rotatable bonds is 4. The molecule has 0 spiro atoms. The Balaban J connectivity index is 1.62. The fourth-order valence-corrected chi connectivity index (χ4v) is 2.28. The molecule has 0 aliphatic carbocycles. The molecule has 1 heterocycles. The zero-order valence-electron chi connectivity index (χ0n) is 13.5. The van der Waals surface area contributed by atoms with Crippen LogP contribution in [0.15, 0.2) is 42.5 Å². The number of carbonyl (C=O) groups is 2. The molecular weight excluding hydrogens is 326 g/mol. The third kappa shape index (κ3) is 4.00. The van der Waals surface area contributed by atoms with Crippen LogP contribution in [0.5, 0.6) is 17.2 Å². The Hall–Kier alpha value is -3.22. The first kappa shape index (κ1) is 16.6. The molecule has 1 amide bonds. The van der Waals surface area contributed by atoms with Crippen LogP contribution in [0.2, 0.25) is 0 Å². The van der Waals surface area contributed by atoms with Crippen molar-refractivity contribution in [3.63, 3.8) is 0 Å². The Bertz CT molecular complexity index is 804. The van der Waals surface area contributed by atoms with Gasteiger partial charge in [0.2, 0.25) is 0 Å². The van der Waals surface area contributed by atoms with Crippen LogP contribution in [0.1, 0.15) is 17.3 Å². The van der Waals surface area contributed by atoms with Gasteiger partial charge >= 0.3 is 5.97 Å². The van der Waals surface area contributed by atoms with Crippen molar-refractivity contribution in [2.75, 3.05) is 18.5 Å². The van der Waals surface area contributed by atoms with Gasteiger partial charge in [0.25, 0.3) is 5.91 Å². The normalized spacial score (nSPS) is 13.6. The molecule has 7 heteroatoms.